The average Bonchev–Trinajstić information content (AvgIpc) is 2.79. The fourth-order valence-electron chi connectivity index (χ4n) is 2.28. The van der Waals surface area contributed by atoms with Gasteiger partial charge in [-0.1, -0.05) is 36.4 Å². The van der Waals surface area contributed by atoms with Gasteiger partial charge in [-0.25, -0.2) is 9.69 Å². The summed E-state index contributed by atoms with van der Waals surface area (Å²) in [5.74, 6) is -0.648. The van der Waals surface area contributed by atoms with Gasteiger partial charge in [0.15, 0.2) is 0 Å². The Morgan fingerprint density at radius 2 is 1.33 bits per heavy atom. The number of rotatable bonds is 3. The topological polar surface area (TPSA) is 70.0 Å². The van der Waals surface area contributed by atoms with E-state index in [1.807, 2.05) is 0 Å². The maximum Gasteiger partial charge on any atom is 0.338 e. The van der Waals surface area contributed by atoms with Gasteiger partial charge in [0.1, 0.15) is 0 Å². The van der Waals surface area contributed by atoms with Crippen LogP contribution in [0.15, 0.2) is 65.8 Å². The van der Waals surface area contributed by atoms with Crippen molar-refractivity contribution in [2.45, 2.75) is 6.17 Å². The van der Waals surface area contributed by atoms with Gasteiger partial charge in [0.2, 0.25) is 0 Å². The summed E-state index contributed by atoms with van der Waals surface area (Å²) < 4.78 is 0. The monoisotopic (exact) mass is 281 g/mol. The van der Waals surface area contributed by atoms with Crippen LogP contribution in [0.3, 0.4) is 0 Å². The first kappa shape index (κ1) is 13.0. The van der Waals surface area contributed by atoms with Crippen molar-refractivity contribution >= 4 is 23.3 Å². The second kappa shape index (κ2) is 5.16. The van der Waals surface area contributed by atoms with Gasteiger partial charge in [-0.2, -0.15) is 0 Å². The van der Waals surface area contributed by atoms with E-state index in [0.717, 1.165) is 9.80 Å². The first-order valence-corrected chi connectivity index (χ1v) is 6.34. The summed E-state index contributed by atoms with van der Waals surface area (Å²) in [5, 5.41) is 2.82. The van der Waals surface area contributed by atoms with E-state index in [9.17, 15) is 14.5 Å². The van der Waals surface area contributed by atoms with Crippen molar-refractivity contribution in [2.24, 2.45) is 5.18 Å². The van der Waals surface area contributed by atoms with Gasteiger partial charge >= 0.3 is 6.03 Å². The maximum absolute atomic E-state index is 12.5. The summed E-state index contributed by atoms with van der Waals surface area (Å²) >= 11 is 0. The molecule has 0 saturated carbocycles. The van der Waals surface area contributed by atoms with E-state index in [0.29, 0.717) is 11.4 Å². The Morgan fingerprint density at radius 1 is 0.810 bits per heavy atom. The lowest BCUT2D eigenvalue weighted by Crippen LogP contribution is -2.34. The van der Waals surface area contributed by atoms with Crippen LogP contribution in [0.5, 0.6) is 0 Å². The largest absolute Gasteiger partial charge is 0.338 e. The zero-order valence-corrected chi connectivity index (χ0v) is 10.9. The van der Waals surface area contributed by atoms with Gasteiger partial charge in [0, 0.05) is 5.69 Å². The number of benzene rings is 2. The van der Waals surface area contributed by atoms with Crippen LogP contribution in [-0.2, 0) is 4.79 Å². The number of nitrogens with zero attached hydrogens (tertiary/aromatic N) is 3. The van der Waals surface area contributed by atoms with Gasteiger partial charge in [-0.05, 0) is 29.4 Å². The molecule has 21 heavy (non-hydrogen) atoms. The molecule has 6 heteroatoms. The molecule has 1 fully saturated rings. The second-order valence-electron chi connectivity index (χ2n) is 4.48. The summed E-state index contributed by atoms with van der Waals surface area (Å²) in [7, 11) is 0. The van der Waals surface area contributed by atoms with Crippen molar-refractivity contribution in [1.82, 2.24) is 0 Å². The fourth-order valence-corrected chi connectivity index (χ4v) is 2.28. The van der Waals surface area contributed by atoms with Crippen molar-refractivity contribution in [3.05, 3.63) is 65.6 Å². The molecule has 104 valence electrons. The molecular weight excluding hydrogens is 270 g/mol. The van der Waals surface area contributed by atoms with E-state index >= 15 is 0 Å². The Bertz CT molecular complexity index is 688. The molecule has 6 nitrogen and oxygen atoms in total. The quantitative estimate of drug-likeness (QED) is 0.641. The van der Waals surface area contributed by atoms with Gasteiger partial charge in [0.05, 0.1) is 5.69 Å². The smallest absolute Gasteiger partial charge is 0.269 e. The first-order valence-electron chi connectivity index (χ1n) is 6.34. The van der Waals surface area contributed by atoms with Crippen LogP contribution in [0.4, 0.5) is 16.2 Å². The molecule has 1 atom stereocenters. The van der Waals surface area contributed by atoms with Crippen molar-refractivity contribution < 1.29 is 9.59 Å². The van der Waals surface area contributed by atoms with Crippen LogP contribution in [0, 0.1) is 4.91 Å². The van der Waals surface area contributed by atoms with Gasteiger partial charge in [0.25, 0.3) is 12.1 Å². The summed E-state index contributed by atoms with van der Waals surface area (Å²) in [6.07, 6.45) is -1.37. The summed E-state index contributed by atoms with van der Waals surface area (Å²) in [6.45, 7) is 0. The predicted molar refractivity (Wildman–Crippen MR) is 77.8 cm³/mol. The molecule has 0 bridgehead atoms. The molecule has 2 aromatic rings. The van der Waals surface area contributed by atoms with E-state index in [1.54, 1.807) is 60.7 Å². The lowest BCUT2D eigenvalue weighted by Gasteiger charge is -2.17. The molecule has 0 aliphatic carbocycles. The van der Waals surface area contributed by atoms with Gasteiger partial charge in [-0.3, -0.25) is 9.69 Å². The highest BCUT2D eigenvalue weighted by atomic mass is 16.3. The van der Waals surface area contributed by atoms with E-state index in [-0.39, 0.29) is 0 Å². The van der Waals surface area contributed by atoms with Crippen molar-refractivity contribution in [3.8, 4) is 0 Å². The molecule has 0 spiro atoms. The molecule has 1 unspecified atom stereocenters. The number of imide groups is 1. The number of nitroso groups, excluding NO2 is 1. The van der Waals surface area contributed by atoms with Crippen LogP contribution in [0.1, 0.15) is 0 Å². The number of urea groups is 1. The number of carbonyl (C=O) groups is 2. The molecule has 1 aliphatic heterocycles. The molecule has 0 radical (unpaired) electrons. The van der Waals surface area contributed by atoms with Gasteiger partial charge < -0.3 is 0 Å². The highest BCUT2D eigenvalue weighted by Crippen LogP contribution is 2.29. The lowest BCUT2D eigenvalue weighted by atomic mass is 10.3. The van der Waals surface area contributed by atoms with E-state index in [2.05, 4.69) is 5.18 Å². The zero-order valence-electron chi connectivity index (χ0n) is 10.9. The van der Waals surface area contributed by atoms with Crippen molar-refractivity contribution in [3.63, 3.8) is 0 Å². The number of anilines is 2. The predicted octanol–water partition coefficient (Wildman–Crippen LogP) is 2.75. The Kier molecular flexibility index (Phi) is 3.19. The molecule has 1 saturated heterocycles. The summed E-state index contributed by atoms with van der Waals surface area (Å²) in [4.78, 5) is 37.9. The molecule has 3 rings (SSSR count). The summed E-state index contributed by atoms with van der Waals surface area (Å²) in [6, 6.07) is 16.4. The minimum atomic E-state index is -1.37. The third-order valence-electron chi connectivity index (χ3n) is 3.23. The highest BCUT2D eigenvalue weighted by Gasteiger charge is 2.48. The van der Waals surface area contributed by atoms with Crippen LogP contribution < -0.4 is 9.80 Å². The van der Waals surface area contributed by atoms with E-state index < -0.39 is 18.1 Å². The number of amides is 3. The molecule has 2 aromatic carbocycles. The first-order chi connectivity index (χ1) is 10.2. The molecule has 1 heterocycles. The van der Waals surface area contributed by atoms with Crippen LogP contribution in [0.2, 0.25) is 0 Å². The third-order valence-corrected chi connectivity index (χ3v) is 3.23. The SMILES string of the molecule is O=NC1C(=O)N(c2ccccc2)C(=O)N1c1ccccc1. The molecule has 3 amide bonds. The van der Waals surface area contributed by atoms with E-state index in [1.165, 1.54) is 0 Å². The number of carbonyl (C=O) groups excluding carboxylic acids is 2. The average molecular weight is 281 g/mol. The standard InChI is InChI=1S/C15H11N3O3/c19-14-13(16-21)17(11-7-3-1-4-8-11)15(20)18(14)12-9-5-2-6-10-12/h1-10,13H. The fraction of sp³-hybridized carbons (Fsp3) is 0.0667. The normalized spacial score (nSPS) is 18.2. The Hall–Kier alpha value is -3.02. The third kappa shape index (κ3) is 2.06. The molecule has 0 aromatic heterocycles. The Labute approximate surface area is 120 Å². The van der Waals surface area contributed by atoms with Crippen LogP contribution in [0.25, 0.3) is 0 Å². The maximum atomic E-state index is 12.5. The van der Waals surface area contributed by atoms with Crippen LogP contribution in [-0.4, -0.2) is 18.1 Å². The van der Waals surface area contributed by atoms with Crippen molar-refractivity contribution in [2.75, 3.05) is 9.80 Å². The lowest BCUT2D eigenvalue weighted by molar-refractivity contribution is -0.117. The second-order valence-corrected chi connectivity index (χ2v) is 4.48. The minimum Gasteiger partial charge on any atom is -0.269 e. The molecule has 1 aliphatic rings. The Balaban J connectivity index is 2.05. The van der Waals surface area contributed by atoms with Crippen molar-refractivity contribution in [1.29, 1.82) is 0 Å². The molecule has 0 N–H and O–H groups in total. The zero-order chi connectivity index (χ0) is 14.8. The minimum absolute atomic E-state index is 0.416. The van der Waals surface area contributed by atoms with E-state index in [4.69, 9.17) is 0 Å². The van der Waals surface area contributed by atoms with Gasteiger partial charge in [-0.15, -0.1) is 4.91 Å². The molecular formula is C15H11N3O3. The summed E-state index contributed by atoms with van der Waals surface area (Å²) in [5.41, 5.74) is 0.874. The highest BCUT2D eigenvalue weighted by molar-refractivity contribution is 6.28. The Morgan fingerprint density at radius 3 is 1.86 bits per heavy atom. The number of hydrogen-bond donors (Lipinski definition) is 0. The number of para-hydroxylation sites is 2. The van der Waals surface area contributed by atoms with Crippen LogP contribution >= 0.6 is 0 Å². The number of hydrogen-bond acceptors (Lipinski definition) is 4.